The zero-order valence-corrected chi connectivity index (χ0v) is 15.7. The Hall–Kier alpha value is -2.39. The van der Waals surface area contributed by atoms with Crippen molar-refractivity contribution in [1.29, 1.82) is 0 Å². The maximum atomic E-state index is 12.0. The zero-order valence-electron chi connectivity index (χ0n) is 14.1. The van der Waals surface area contributed by atoms with Crippen molar-refractivity contribution in [3.05, 3.63) is 49.3 Å². The molecule has 25 heavy (non-hydrogen) atoms. The average molecular weight is 375 g/mol. The molecule has 3 aromatic heterocycles. The van der Waals surface area contributed by atoms with Crippen LogP contribution in [-0.2, 0) is 6.54 Å². The number of rotatable bonds is 5. The third-order valence-electron chi connectivity index (χ3n) is 3.46. The molecule has 9 heteroatoms. The first-order valence-corrected chi connectivity index (χ1v) is 9.36. The highest BCUT2D eigenvalue weighted by atomic mass is 32.1. The van der Waals surface area contributed by atoms with E-state index in [0.717, 1.165) is 20.6 Å². The second kappa shape index (κ2) is 7.24. The van der Waals surface area contributed by atoms with Crippen LogP contribution in [0.25, 0.3) is 10.6 Å². The number of thiazole rings is 2. The van der Waals surface area contributed by atoms with Gasteiger partial charge in [0.1, 0.15) is 11.4 Å². The first-order chi connectivity index (χ1) is 11.9. The standard InChI is InChI=1S/C16H17N5O2S2/c1-9-15(25-11(3)18-9)12-4-5-14(22)21(20-12)7-6-17-16(23)13-8-24-10(2)19-13/h4-5,8H,6-7H2,1-3H3,(H,17,23). The molecule has 0 bridgehead atoms. The molecule has 0 aromatic carbocycles. The van der Waals surface area contributed by atoms with Gasteiger partial charge in [0.25, 0.3) is 11.5 Å². The van der Waals surface area contributed by atoms with E-state index in [9.17, 15) is 9.59 Å². The molecule has 3 heterocycles. The summed E-state index contributed by atoms with van der Waals surface area (Å²) in [5.74, 6) is -0.248. The Labute approximate surface area is 152 Å². The minimum atomic E-state index is -0.248. The van der Waals surface area contributed by atoms with E-state index in [1.54, 1.807) is 22.8 Å². The molecule has 3 rings (SSSR count). The Balaban J connectivity index is 1.70. The third-order valence-corrected chi connectivity index (χ3v) is 5.33. The molecule has 0 spiro atoms. The summed E-state index contributed by atoms with van der Waals surface area (Å²) < 4.78 is 1.36. The van der Waals surface area contributed by atoms with E-state index in [-0.39, 0.29) is 11.5 Å². The van der Waals surface area contributed by atoms with Crippen molar-refractivity contribution >= 4 is 28.6 Å². The molecular formula is C16H17N5O2S2. The Bertz CT molecular complexity index is 973. The molecule has 0 saturated carbocycles. The molecule has 130 valence electrons. The molecule has 0 saturated heterocycles. The monoisotopic (exact) mass is 375 g/mol. The lowest BCUT2D eigenvalue weighted by Gasteiger charge is -2.07. The quantitative estimate of drug-likeness (QED) is 0.738. The predicted octanol–water partition coefficient (Wildman–Crippen LogP) is 2.18. The number of hydrogen-bond donors (Lipinski definition) is 1. The summed E-state index contributed by atoms with van der Waals surface area (Å²) in [4.78, 5) is 33.5. The highest BCUT2D eigenvalue weighted by Gasteiger charge is 2.12. The van der Waals surface area contributed by atoms with Gasteiger partial charge in [0.15, 0.2) is 0 Å². The van der Waals surface area contributed by atoms with Crippen molar-refractivity contribution in [2.75, 3.05) is 6.54 Å². The van der Waals surface area contributed by atoms with Gasteiger partial charge in [-0.05, 0) is 26.8 Å². The van der Waals surface area contributed by atoms with Gasteiger partial charge in [-0.25, -0.2) is 14.6 Å². The number of nitrogens with zero attached hydrogens (tertiary/aromatic N) is 4. The van der Waals surface area contributed by atoms with Crippen LogP contribution in [0.5, 0.6) is 0 Å². The maximum Gasteiger partial charge on any atom is 0.270 e. The SMILES string of the molecule is Cc1nc(C(=O)NCCn2nc(-c3sc(C)nc3C)ccc2=O)cs1. The van der Waals surface area contributed by atoms with Crippen molar-refractivity contribution in [3.63, 3.8) is 0 Å². The highest BCUT2D eigenvalue weighted by Crippen LogP contribution is 2.27. The van der Waals surface area contributed by atoms with Crippen molar-refractivity contribution in [2.45, 2.75) is 27.3 Å². The first kappa shape index (κ1) is 17.4. The molecule has 7 nitrogen and oxygen atoms in total. The van der Waals surface area contributed by atoms with Gasteiger partial charge in [0, 0.05) is 18.0 Å². The van der Waals surface area contributed by atoms with Gasteiger partial charge in [0.2, 0.25) is 0 Å². The molecule has 0 aliphatic rings. The van der Waals surface area contributed by atoms with E-state index in [4.69, 9.17) is 0 Å². The third kappa shape index (κ3) is 3.99. The summed E-state index contributed by atoms with van der Waals surface area (Å²) in [7, 11) is 0. The lowest BCUT2D eigenvalue weighted by atomic mass is 10.3. The fourth-order valence-corrected chi connectivity index (χ4v) is 3.81. The number of carbonyl (C=O) groups is 1. The molecule has 0 radical (unpaired) electrons. The summed E-state index contributed by atoms with van der Waals surface area (Å²) in [5.41, 5.74) is 1.80. The molecule has 3 aromatic rings. The summed E-state index contributed by atoms with van der Waals surface area (Å²) in [6.45, 7) is 6.29. The van der Waals surface area contributed by atoms with Crippen LogP contribution in [0, 0.1) is 20.8 Å². The molecule has 1 N–H and O–H groups in total. The number of aromatic nitrogens is 4. The number of nitrogens with one attached hydrogen (secondary N) is 1. The molecule has 0 fully saturated rings. The number of amides is 1. The van der Waals surface area contributed by atoms with E-state index in [2.05, 4.69) is 20.4 Å². The van der Waals surface area contributed by atoms with Crippen LogP contribution in [0.15, 0.2) is 22.3 Å². The highest BCUT2D eigenvalue weighted by molar-refractivity contribution is 7.15. The maximum absolute atomic E-state index is 12.0. The summed E-state index contributed by atoms with van der Waals surface area (Å²) in [6, 6.07) is 3.19. The Morgan fingerprint density at radius 3 is 2.64 bits per heavy atom. The Morgan fingerprint density at radius 1 is 1.20 bits per heavy atom. The van der Waals surface area contributed by atoms with Crippen LogP contribution in [0.1, 0.15) is 26.2 Å². The minimum absolute atomic E-state index is 0.207. The average Bonchev–Trinajstić information content (AvgIpc) is 3.14. The number of aryl methyl sites for hydroxylation is 3. The minimum Gasteiger partial charge on any atom is -0.349 e. The molecule has 0 aliphatic carbocycles. The zero-order chi connectivity index (χ0) is 18.0. The predicted molar refractivity (Wildman–Crippen MR) is 98.3 cm³/mol. The largest absolute Gasteiger partial charge is 0.349 e. The second-order valence-electron chi connectivity index (χ2n) is 5.44. The normalized spacial score (nSPS) is 10.8. The Kier molecular flexibility index (Phi) is 5.05. The van der Waals surface area contributed by atoms with Gasteiger partial charge in [-0.2, -0.15) is 5.10 Å². The smallest absolute Gasteiger partial charge is 0.270 e. The van der Waals surface area contributed by atoms with Crippen molar-refractivity contribution < 1.29 is 4.79 Å². The molecule has 0 unspecified atom stereocenters. The van der Waals surface area contributed by atoms with Gasteiger partial charge in [-0.1, -0.05) is 0 Å². The summed E-state index contributed by atoms with van der Waals surface area (Å²) >= 11 is 2.97. The molecule has 0 aliphatic heterocycles. The van der Waals surface area contributed by atoms with Crippen molar-refractivity contribution in [3.8, 4) is 10.6 Å². The fourth-order valence-electron chi connectivity index (χ4n) is 2.33. The lowest BCUT2D eigenvalue weighted by molar-refractivity contribution is 0.0947. The van der Waals surface area contributed by atoms with Gasteiger partial charge >= 0.3 is 0 Å². The van der Waals surface area contributed by atoms with Crippen molar-refractivity contribution in [1.82, 2.24) is 25.1 Å². The van der Waals surface area contributed by atoms with E-state index < -0.39 is 0 Å². The molecule has 0 atom stereocenters. The first-order valence-electron chi connectivity index (χ1n) is 7.67. The Morgan fingerprint density at radius 2 is 2.00 bits per heavy atom. The van der Waals surface area contributed by atoms with Crippen LogP contribution in [0.2, 0.25) is 0 Å². The number of carbonyl (C=O) groups excluding carboxylic acids is 1. The van der Waals surface area contributed by atoms with E-state index in [1.807, 2.05) is 20.8 Å². The number of hydrogen-bond acceptors (Lipinski definition) is 7. The van der Waals surface area contributed by atoms with Gasteiger partial charge < -0.3 is 5.32 Å². The van der Waals surface area contributed by atoms with E-state index in [1.165, 1.54) is 22.1 Å². The van der Waals surface area contributed by atoms with Crippen LogP contribution in [-0.4, -0.2) is 32.2 Å². The summed E-state index contributed by atoms with van der Waals surface area (Å²) in [6.07, 6.45) is 0. The summed E-state index contributed by atoms with van der Waals surface area (Å²) in [5, 5.41) is 10.7. The van der Waals surface area contributed by atoms with Crippen LogP contribution < -0.4 is 10.9 Å². The van der Waals surface area contributed by atoms with E-state index in [0.29, 0.717) is 24.5 Å². The fraction of sp³-hybridized carbons (Fsp3) is 0.312. The van der Waals surface area contributed by atoms with Gasteiger partial charge in [-0.15, -0.1) is 22.7 Å². The van der Waals surface area contributed by atoms with Crippen LogP contribution >= 0.6 is 22.7 Å². The molecular weight excluding hydrogens is 358 g/mol. The molecule has 1 amide bonds. The van der Waals surface area contributed by atoms with Crippen LogP contribution in [0.3, 0.4) is 0 Å². The lowest BCUT2D eigenvalue weighted by Crippen LogP contribution is -2.32. The van der Waals surface area contributed by atoms with Crippen molar-refractivity contribution in [2.24, 2.45) is 0 Å². The second-order valence-corrected chi connectivity index (χ2v) is 7.70. The van der Waals surface area contributed by atoms with Gasteiger partial charge in [0.05, 0.1) is 27.1 Å². The topological polar surface area (TPSA) is 89.8 Å². The van der Waals surface area contributed by atoms with Crippen LogP contribution in [0.4, 0.5) is 0 Å². The van der Waals surface area contributed by atoms with Gasteiger partial charge in [-0.3, -0.25) is 9.59 Å². The van der Waals surface area contributed by atoms with E-state index >= 15 is 0 Å².